The molecule has 2 heterocycles. The molecule has 0 radical (unpaired) electrons. The number of hydrogen-bond donors (Lipinski definition) is 0. The van der Waals surface area contributed by atoms with Gasteiger partial charge in [0.2, 0.25) is 0 Å². The minimum Gasteiger partial charge on any atom is -0.302 e. The molecule has 1 aliphatic rings. The number of amides is 1. The molecule has 4 heteroatoms. The smallest absolute Gasteiger partial charge is 0.277 e. The molecule has 1 aromatic heterocycles. The second kappa shape index (κ2) is 5.98. The Kier molecular flexibility index (Phi) is 3.65. The number of rotatable bonds is 3. The molecule has 25 heavy (non-hydrogen) atoms. The number of fused-ring (bicyclic) bond motifs is 1. The maximum Gasteiger partial charge on any atom is 0.277 e. The molecule has 0 aliphatic carbocycles. The van der Waals surface area contributed by atoms with E-state index < -0.39 is 0 Å². The van der Waals surface area contributed by atoms with E-state index >= 15 is 0 Å². The fourth-order valence-corrected chi connectivity index (χ4v) is 3.13. The average Bonchev–Trinajstić information content (AvgIpc) is 2.63. The molecule has 4 nitrogen and oxygen atoms in total. The maximum atomic E-state index is 12.6. The standard InChI is InChI=1S/C21H16N2O2/c1-14(24)15-6-4-7-16(12-15)17-8-5-10-20-18(17)13-23(20)21(25)19-9-2-3-11-22-19/h2-12H,13H2,1H3. The van der Waals surface area contributed by atoms with Crippen LogP contribution in [-0.2, 0) is 6.54 Å². The van der Waals surface area contributed by atoms with Gasteiger partial charge in [-0.3, -0.25) is 14.6 Å². The van der Waals surface area contributed by atoms with Crippen LogP contribution in [0.1, 0.15) is 33.3 Å². The van der Waals surface area contributed by atoms with Crippen LogP contribution in [0.5, 0.6) is 0 Å². The van der Waals surface area contributed by atoms with Gasteiger partial charge in [-0.1, -0.05) is 36.4 Å². The van der Waals surface area contributed by atoms with Gasteiger partial charge in [0.05, 0.1) is 12.2 Å². The van der Waals surface area contributed by atoms with E-state index in [1.54, 1.807) is 30.2 Å². The van der Waals surface area contributed by atoms with Crippen LogP contribution < -0.4 is 4.90 Å². The maximum absolute atomic E-state index is 12.6. The summed E-state index contributed by atoms with van der Waals surface area (Å²) in [6.45, 7) is 2.11. The number of benzene rings is 2. The first-order valence-corrected chi connectivity index (χ1v) is 8.11. The average molecular weight is 328 g/mol. The van der Waals surface area contributed by atoms with Gasteiger partial charge in [0, 0.05) is 17.3 Å². The van der Waals surface area contributed by atoms with Crippen molar-refractivity contribution in [2.24, 2.45) is 0 Å². The highest BCUT2D eigenvalue weighted by Crippen LogP contribution is 2.40. The van der Waals surface area contributed by atoms with Gasteiger partial charge in [0.15, 0.2) is 5.78 Å². The lowest BCUT2D eigenvalue weighted by atomic mass is 9.91. The third-order valence-electron chi connectivity index (χ3n) is 4.47. The Balaban J connectivity index is 1.69. The summed E-state index contributed by atoms with van der Waals surface area (Å²) in [5, 5.41) is 0. The van der Waals surface area contributed by atoms with E-state index in [0.717, 1.165) is 22.4 Å². The Labute approximate surface area is 145 Å². The highest BCUT2D eigenvalue weighted by Gasteiger charge is 2.31. The first-order chi connectivity index (χ1) is 12.1. The molecule has 0 fully saturated rings. The molecule has 122 valence electrons. The van der Waals surface area contributed by atoms with Crippen molar-refractivity contribution in [2.75, 3.05) is 4.90 Å². The molecule has 1 amide bonds. The van der Waals surface area contributed by atoms with Gasteiger partial charge in [-0.15, -0.1) is 0 Å². The minimum absolute atomic E-state index is 0.0450. The van der Waals surface area contributed by atoms with Crippen LogP contribution in [0, 0.1) is 0 Å². The number of anilines is 1. The molecule has 0 saturated carbocycles. The Morgan fingerprint density at radius 3 is 2.60 bits per heavy atom. The van der Waals surface area contributed by atoms with E-state index in [4.69, 9.17) is 0 Å². The molecule has 0 unspecified atom stereocenters. The number of aromatic nitrogens is 1. The summed E-state index contributed by atoms with van der Waals surface area (Å²) in [5.41, 5.74) is 5.21. The van der Waals surface area contributed by atoms with Crippen molar-refractivity contribution in [2.45, 2.75) is 13.5 Å². The van der Waals surface area contributed by atoms with E-state index in [9.17, 15) is 9.59 Å². The van der Waals surface area contributed by atoms with Crippen LogP contribution in [0.4, 0.5) is 5.69 Å². The zero-order valence-electron chi connectivity index (χ0n) is 13.8. The summed E-state index contributed by atoms with van der Waals surface area (Å²) in [6.07, 6.45) is 1.62. The molecular formula is C21H16N2O2. The van der Waals surface area contributed by atoms with Crippen molar-refractivity contribution in [1.29, 1.82) is 0 Å². The van der Waals surface area contributed by atoms with Crippen LogP contribution in [-0.4, -0.2) is 16.7 Å². The first-order valence-electron chi connectivity index (χ1n) is 8.11. The van der Waals surface area contributed by atoms with Crippen molar-refractivity contribution in [3.05, 3.63) is 83.7 Å². The topological polar surface area (TPSA) is 50.3 Å². The molecule has 2 aromatic carbocycles. The molecule has 1 aliphatic heterocycles. The van der Waals surface area contributed by atoms with Gasteiger partial charge in [-0.05, 0) is 42.3 Å². The van der Waals surface area contributed by atoms with E-state index in [1.165, 1.54) is 0 Å². The van der Waals surface area contributed by atoms with Crippen molar-refractivity contribution < 1.29 is 9.59 Å². The van der Waals surface area contributed by atoms with Gasteiger partial charge in [0.25, 0.3) is 5.91 Å². The second-order valence-corrected chi connectivity index (χ2v) is 6.05. The zero-order chi connectivity index (χ0) is 17.4. The predicted molar refractivity (Wildman–Crippen MR) is 96.6 cm³/mol. The Bertz CT molecular complexity index is 980. The van der Waals surface area contributed by atoms with Gasteiger partial charge in [0.1, 0.15) is 5.69 Å². The molecule has 0 spiro atoms. The van der Waals surface area contributed by atoms with Crippen molar-refractivity contribution in [1.82, 2.24) is 4.98 Å². The van der Waals surface area contributed by atoms with Crippen LogP contribution in [0.3, 0.4) is 0 Å². The lowest BCUT2D eigenvalue weighted by molar-refractivity contribution is 0.0973. The third-order valence-corrected chi connectivity index (χ3v) is 4.47. The Morgan fingerprint density at radius 1 is 1.00 bits per heavy atom. The lowest BCUT2D eigenvalue weighted by Crippen LogP contribution is -2.39. The first kappa shape index (κ1) is 15.3. The number of carbonyl (C=O) groups excluding carboxylic acids is 2. The number of nitrogens with zero attached hydrogens (tertiary/aromatic N) is 2. The van der Waals surface area contributed by atoms with Gasteiger partial charge in [-0.25, -0.2) is 0 Å². The summed E-state index contributed by atoms with van der Waals surface area (Å²) in [4.78, 5) is 30.1. The number of Topliss-reactive ketones (excluding diaryl/α,β-unsaturated/α-hetero) is 1. The number of hydrogen-bond acceptors (Lipinski definition) is 3. The number of pyridine rings is 1. The predicted octanol–water partition coefficient (Wildman–Crippen LogP) is 4.11. The van der Waals surface area contributed by atoms with E-state index in [2.05, 4.69) is 4.98 Å². The summed E-state index contributed by atoms with van der Waals surface area (Å²) in [7, 11) is 0. The van der Waals surface area contributed by atoms with E-state index in [0.29, 0.717) is 17.8 Å². The molecule has 3 aromatic rings. The zero-order valence-corrected chi connectivity index (χ0v) is 13.8. The van der Waals surface area contributed by atoms with Crippen LogP contribution in [0.2, 0.25) is 0 Å². The summed E-state index contributed by atoms with van der Waals surface area (Å²) >= 11 is 0. The Hall–Kier alpha value is -3.27. The quantitative estimate of drug-likeness (QED) is 0.680. The normalized spacial score (nSPS) is 12.3. The fraction of sp³-hybridized carbons (Fsp3) is 0.0952. The monoisotopic (exact) mass is 328 g/mol. The molecule has 0 bridgehead atoms. The minimum atomic E-state index is -0.0947. The summed E-state index contributed by atoms with van der Waals surface area (Å²) in [5.74, 6) is -0.0497. The van der Waals surface area contributed by atoms with Gasteiger partial charge >= 0.3 is 0 Å². The van der Waals surface area contributed by atoms with Crippen molar-refractivity contribution in [3.8, 4) is 11.1 Å². The molecule has 4 rings (SSSR count). The van der Waals surface area contributed by atoms with Crippen molar-refractivity contribution in [3.63, 3.8) is 0 Å². The van der Waals surface area contributed by atoms with Crippen LogP contribution in [0.15, 0.2) is 66.9 Å². The lowest BCUT2D eigenvalue weighted by Gasteiger charge is -2.35. The second-order valence-electron chi connectivity index (χ2n) is 6.05. The molecule has 0 N–H and O–H groups in total. The van der Waals surface area contributed by atoms with Crippen molar-refractivity contribution >= 4 is 17.4 Å². The van der Waals surface area contributed by atoms with Gasteiger partial charge in [-0.2, -0.15) is 0 Å². The molecule has 0 atom stereocenters. The third kappa shape index (κ3) is 2.62. The Morgan fingerprint density at radius 2 is 1.84 bits per heavy atom. The van der Waals surface area contributed by atoms with Crippen LogP contribution in [0.25, 0.3) is 11.1 Å². The highest BCUT2D eigenvalue weighted by molar-refractivity contribution is 6.08. The summed E-state index contributed by atoms with van der Waals surface area (Å²) in [6, 6.07) is 18.8. The number of carbonyl (C=O) groups is 2. The van der Waals surface area contributed by atoms with Gasteiger partial charge < -0.3 is 4.90 Å². The van der Waals surface area contributed by atoms with E-state index in [-0.39, 0.29) is 11.7 Å². The fourth-order valence-electron chi connectivity index (χ4n) is 3.13. The number of ketones is 1. The molecule has 0 saturated heterocycles. The summed E-state index contributed by atoms with van der Waals surface area (Å²) < 4.78 is 0. The SMILES string of the molecule is CC(=O)c1cccc(-c2cccc3c2CN3C(=O)c2ccccn2)c1. The highest BCUT2D eigenvalue weighted by atomic mass is 16.2. The largest absolute Gasteiger partial charge is 0.302 e. The van der Waals surface area contributed by atoms with E-state index in [1.807, 2.05) is 48.5 Å². The van der Waals surface area contributed by atoms with Crippen LogP contribution >= 0.6 is 0 Å². The molecular weight excluding hydrogens is 312 g/mol.